The van der Waals surface area contributed by atoms with E-state index in [4.69, 9.17) is 0 Å². The van der Waals surface area contributed by atoms with Crippen LogP contribution >= 0.6 is 15.9 Å². The molecule has 0 heterocycles. The maximum Gasteiger partial charge on any atom is 0.131 e. The highest BCUT2D eigenvalue weighted by molar-refractivity contribution is 9.10. The van der Waals surface area contributed by atoms with Crippen molar-refractivity contribution >= 4 is 15.9 Å². The number of benzene rings is 2. The van der Waals surface area contributed by atoms with Gasteiger partial charge in [-0.3, -0.25) is 0 Å². The van der Waals surface area contributed by atoms with Crippen LogP contribution in [0.15, 0.2) is 46.9 Å². The van der Waals surface area contributed by atoms with Gasteiger partial charge in [-0.25, -0.2) is 4.39 Å². The standard InChI is InChI=1S/C16H17BrFN/c1-11(2)19-10-12-5-3-4-6-14(12)15-9-13(17)7-8-16(15)18/h3-9,11,19H,10H2,1-2H3. The maximum absolute atomic E-state index is 14.0. The lowest BCUT2D eigenvalue weighted by Crippen LogP contribution is -2.22. The summed E-state index contributed by atoms with van der Waals surface area (Å²) in [6.45, 7) is 4.93. The molecule has 0 atom stereocenters. The molecule has 0 radical (unpaired) electrons. The van der Waals surface area contributed by atoms with Gasteiger partial charge in [-0.15, -0.1) is 0 Å². The van der Waals surface area contributed by atoms with Crippen molar-refractivity contribution in [3.63, 3.8) is 0 Å². The lowest BCUT2D eigenvalue weighted by Gasteiger charge is -2.13. The van der Waals surface area contributed by atoms with Crippen molar-refractivity contribution in [1.82, 2.24) is 5.32 Å². The second kappa shape index (κ2) is 6.31. The van der Waals surface area contributed by atoms with Gasteiger partial charge in [-0.1, -0.05) is 54.0 Å². The summed E-state index contributed by atoms with van der Waals surface area (Å²) in [5.41, 5.74) is 2.68. The third kappa shape index (κ3) is 3.64. The van der Waals surface area contributed by atoms with E-state index < -0.39 is 0 Å². The van der Waals surface area contributed by atoms with E-state index in [0.29, 0.717) is 11.6 Å². The molecule has 100 valence electrons. The molecule has 0 unspecified atom stereocenters. The molecule has 2 aromatic rings. The van der Waals surface area contributed by atoms with Gasteiger partial charge in [-0.05, 0) is 29.3 Å². The highest BCUT2D eigenvalue weighted by Gasteiger charge is 2.10. The smallest absolute Gasteiger partial charge is 0.131 e. The van der Waals surface area contributed by atoms with Gasteiger partial charge < -0.3 is 5.32 Å². The quantitative estimate of drug-likeness (QED) is 0.856. The average molecular weight is 322 g/mol. The molecule has 1 nitrogen and oxygen atoms in total. The van der Waals surface area contributed by atoms with E-state index in [1.165, 1.54) is 6.07 Å². The van der Waals surface area contributed by atoms with Crippen molar-refractivity contribution in [2.45, 2.75) is 26.4 Å². The number of hydrogen-bond acceptors (Lipinski definition) is 1. The van der Waals surface area contributed by atoms with Crippen molar-refractivity contribution in [1.29, 1.82) is 0 Å². The molecule has 0 aliphatic heterocycles. The van der Waals surface area contributed by atoms with Crippen LogP contribution in [0, 0.1) is 5.82 Å². The van der Waals surface area contributed by atoms with Gasteiger partial charge in [-0.2, -0.15) is 0 Å². The largest absolute Gasteiger partial charge is 0.310 e. The van der Waals surface area contributed by atoms with Crippen molar-refractivity contribution < 1.29 is 4.39 Å². The van der Waals surface area contributed by atoms with Crippen LogP contribution in [-0.2, 0) is 6.54 Å². The number of rotatable bonds is 4. The molecule has 0 aliphatic carbocycles. The van der Waals surface area contributed by atoms with E-state index in [1.54, 1.807) is 6.07 Å². The zero-order chi connectivity index (χ0) is 13.8. The Morgan fingerprint density at radius 3 is 2.58 bits per heavy atom. The predicted octanol–water partition coefficient (Wildman–Crippen LogP) is 4.75. The number of nitrogens with one attached hydrogen (secondary N) is 1. The van der Waals surface area contributed by atoms with Crippen LogP contribution in [0.25, 0.3) is 11.1 Å². The zero-order valence-corrected chi connectivity index (χ0v) is 12.7. The second-order valence-corrected chi connectivity index (χ2v) is 5.73. The Balaban J connectivity index is 2.41. The second-order valence-electron chi connectivity index (χ2n) is 4.82. The molecule has 0 amide bonds. The van der Waals surface area contributed by atoms with Crippen LogP contribution in [0.3, 0.4) is 0 Å². The zero-order valence-electron chi connectivity index (χ0n) is 11.1. The fourth-order valence-corrected chi connectivity index (χ4v) is 2.32. The first-order chi connectivity index (χ1) is 9.08. The highest BCUT2D eigenvalue weighted by Crippen LogP contribution is 2.29. The SMILES string of the molecule is CC(C)NCc1ccccc1-c1cc(Br)ccc1F. The molecule has 0 bridgehead atoms. The summed E-state index contributed by atoms with van der Waals surface area (Å²) >= 11 is 3.40. The maximum atomic E-state index is 14.0. The van der Waals surface area contributed by atoms with Gasteiger partial charge in [0.15, 0.2) is 0 Å². The summed E-state index contributed by atoms with van der Waals surface area (Å²) in [7, 11) is 0. The Morgan fingerprint density at radius 1 is 1.11 bits per heavy atom. The van der Waals surface area contributed by atoms with Gasteiger partial charge in [0.05, 0.1) is 0 Å². The molecular weight excluding hydrogens is 305 g/mol. The van der Waals surface area contributed by atoms with Crippen LogP contribution in [0.2, 0.25) is 0 Å². The van der Waals surface area contributed by atoms with Crippen LogP contribution < -0.4 is 5.32 Å². The van der Waals surface area contributed by atoms with E-state index >= 15 is 0 Å². The minimum Gasteiger partial charge on any atom is -0.310 e. The molecule has 2 rings (SSSR count). The van der Waals surface area contributed by atoms with Crippen molar-refractivity contribution in [2.24, 2.45) is 0 Å². The summed E-state index contributed by atoms with van der Waals surface area (Å²) in [6, 6.07) is 13.3. The van der Waals surface area contributed by atoms with Crippen molar-refractivity contribution in [3.05, 3.63) is 58.3 Å². The van der Waals surface area contributed by atoms with E-state index in [0.717, 1.165) is 22.1 Å². The fraction of sp³-hybridized carbons (Fsp3) is 0.250. The monoisotopic (exact) mass is 321 g/mol. The van der Waals surface area contributed by atoms with Gasteiger partial charge >= 0.3 is 0 Å². The van der Waals surface area contributed by atoms with Crippen molar-refractivity contribution in [3.8, 4) is 11.1 Å². The molecule has 0 spiro atoms. The Hall–Kier alpha value is -1.19. The summed E-state index contributed by atoms with van der Waals surface area (Å²) in [5.74, 6) is -0.194. The Labute approximate surface area is 122 Å². The van der Waals surface area contributed by atoms with Gasteiger partial charge in [0.2, 0.25) is 0 Å². The third-order valence-electron chi connectivity index (χ3n) is 2.94. The number of halogens is 2. The Kier molecular flexibility index (Phi) is 4.72. The molecule has 2 aromatic carbocycles. The van der Waals surface area contributed by atoms with E-state index in [2.05, 4.69) is 35.1 Å². The highest BCUT2D eigenvalue weighted by atomic mass is 79.9. The molecule has 1 N–H and O–H groups in total. The molecular formula is C16H17BrFN. The fourth-order valence-electron chi connectivity index (χ4n) is 1.96. The minimum atomic E-state index is -0.194. The molecule has 0 aliphatic rings. The van der Waals surface area contributed by atoms with Crippen molar-refractivity contribution in [2.75, 3.05) is 0 Å². The molecule has 0 saturated carbocycles. The Bertz CT molecular complexity index is 566. The van der Waals surface area contributed by atoms with Gasteiger partial charge in [0.25, 0.3) is 0 Å². The molecule has 0 aromatic heterocycles. The first kappa shape index (κ1) is 14.2. The van der Waals surface area contributed by atoms with E-state index in [-0.39, 0.29) is 5.82 Å². The number of hydrogen-bond donors (Lipinski definition) is 1. The van der Waals surface area contributed by atoms with E-state index in [1.807, 2.05) is 30.3 Å². The predicted molar refractivity (Wildman–Crippen MR) is 81.5 cm³/mol. The van der Waals surface area contributed by atoms with Crippen LogP contribution in [0.1, 0.15) is 19.4 Å². The lowest BCUT2D eigenvalue weighted by atomic mass is 9.99. The normalized spacial score (nSPS) is 11.0. The van der Waals surface area contributed by atoms with Crippen LogP contribution in [0.5, 0.6) is 0 Å². The van der Waals surface area contributed by atoms with Crippen LogP contribution in [0.4, 0.5) is 4.39 Å². The first-order valence-electron chi connectivity index (χ1n) is 6.34. The topological polar surface area (TPSA) is 12.0 Å². The summed E-state index contributed by atoms with van der Waals surface area (Å²) in [6.07, 6.45) is 0. The third-order valence-corrected chi connectivity index (χ3v) is 3.43. The molecule has 19 heavy (non-hydrogen) atoms. The lowest BCUT2D eigenvalue weighted by molar-refractivity contribution is 0.589. The Morgan fingerprint density at radius 2 is 1.84 bits per heavy atom. The summed E-state index contributed by atoms with van der Waals surface area (Å²) in [4.78, 5) is 0. The molecule has 0 fully saturated rings. The molecule has 0 saturated heterocycles. The van der Waals surface area contributed by atoms with E-state index in [9.17, 15) is 4.39 Å². The minimum absolute atomic E-state index is 0.194. The first-order valence-corrected chi connectivity index (χ1v) is 7.14. The van der Waals surface area contributed by atoms with Crippen LogP contribution in [-0.4, -0.2) is 6.04 Å². The van der Waals surface area contributed by atoms with Gasteiger partial charge in [0.1, 0.15) is 5.82 Å². The van der Waals surface area contributed by atoms with Gasteiger partial charge in [0, 0.05) is 22.6 Å². The molecule has 3 heteroatoms. The summed E-state index contributed by atoms with van der Waals surface area (Å²) < 4.78 is 14.9. The summed E-state index contributed by atoms with van der Waals surface area (Å²) in [5, 5.41) is 3.37. The average Bonchev–Trinajstić information content (AvgIpc) is 2.39.